The van der Waals surface area contributed by atoms with Gasteiger partial charge in [-0.05, 0) is 24.6 Å². The number of piperazine rings is 1. The summed E-state index contributed by atoms with van der Waals surface area (Å²) in [4.78, 5) is 36.6. The van der Waals surface area contributed by atoms with Gasteiger partial charge >= 0.3 is 6.09 Å². The molecule has 0 aliphatic carbocycles. The average molecular weight is 410 g/mol. The Hall–Kier alpha value is -3.20. The largest absolute Gasteiger partial charge is 0.441 e. The van der Waals surface area contributed by atoms with Crippen LogP contribution in [0.3, 0.4) is 0 Å². The molecule has 3 heterocycles. The third kappa shape index (κ3) is 3.93. The van der Waals surface area contributed by atoms with E-state index in [2.05, 4.69) is 20.2 Å². The number of aromatic nitrogens is 2. The van der Waals surface area contributed by atoms with E-state index in [4.69, 9.17) is 10.5 Å². The van der Waals surface area contributed by atoms with Crippen molar-refractivity contribution in [1.82, 2.24) is 15.3 Å². The number of nitrogens with zero attached hydrogens (tertiary/aromatic N) is 4. The van der Waals surface area contributed by atoms with Gasteiger partial charge in [0.1, 0.15) is 6.10 Å². The zero-order chi connectivity index (χ0) is 21.3. The lowest BCUT2D eigenvalue weighted by Crippen LogP contribution is -2.44. The van der Waals surface area contributed by atoms with Crippen molar-refractivity contribution in [2.45, 2.75) is 32.4 Å². The number of ether oxygens (including phenoxy) is 1. The summed E-state index contributed by atoms with van der Waals surface area (Å²) in [5, 5.41) is 3.31. The molecule has 3 N–H and O–H groups in total. The Balaban J connectivity index is 1.67. The lowest BCUT2D eigenvalue weighted by molar-refractivity contribution is -0.117. The van der Waals surface area contributed by atoms with E-state index in [1.54, 1.807) is 17.3 Å². The molecule has 0 unspecified atom stereocenters. The molecule has 1 fully saturated rings. The molecule has 0 bridgehead atoms. The maximum Gasteiger partial charge on any atom is 0.405 e. The summed E-state index contributed by atoms with van der Waals surface area (Å²) in [5.41, 5.74) is 8.51. The third-order valence-electron chi connectivity index (χ3n) is 5.60. The van der Waals surface area contributed by atoms with Gasteiger partial charge in [0.25, 0.3) is 0 Å². The van der Waals surface area contributed by atoms with Crippen molar-refractivity contribution in [3.05, 3.63) is 36.2 Å². The maximum atomic E-state index is 12.2. The van der Waals surface area contributed by atoms with E-state index in [9.17, 15) is 9.59 Å². The standard InChI is InChI=1S/C21H26N6O3/c1-13-9-19(30-20(22)29)17-10-15(3-4-18(17)27(13)14(2)28)16-11-24-21(25-12-16)26-7-5-23-6-8-26/h3-4,10-13,19,23H,5-9H2,1-2H3,(H2,22,29)/t13-,19+/m0/s1. The number of hydrogen-bond donors (Lipinski definition) is 2. The number of amides is 2. The Labute approximate surface area is 175 Å². The fourth-order valence-corrected chi connectivity index (χ4v) is 4.22. The molecule has 9 heteroatoms. The summed E-state index contributed by atoms with van der Waals surface area (Å²) in [7, 11) is 0. The molecule has 4 rings (SSSR count). The highest BCUT2D eigenvalue weighted by atomic mass is 16.6. The molecule has 0 saturated carbocycles. The molecule has 0 spiro atoms. The number of carbonyl (C=O) groups excluding carboxylic acids is 2. The van der Waals surface area contributed by atoms with Gasteiger partial charge in [-0.2, -0.15) is 0 Å². The van der Waals surface area contributed by atoms with Crippen LogP contribution in [0.5, 0.6) is 0 Å². The number of hydrogen-bond acceptors (Lipinski definition) is 7. The fourth-order valence-electron chi connectivity index (χ4n) is 4.22. The van der Waals surface area contributed by atoms with Crippen molar-refractivity contribution in [3.63, 3.8) is 0 Å². The summed E-state index contributed by atoms with van der Waals surface area (Å²) < 4.78 is 5.36. The second kappa shape index (κ2) is 8.27. The molecule has 9 nitrogen and oxygen atoms in total. The molecule has 2 aliphatic rings. The third-order valence-corrected chi connectivity index (χ3v) is 5.60. The molecule has 2 aliphatic heterocycles. The Morgan fingerprint density at radius 3 is 2.50 bits per heavy atom. The minimum Gasteiger partial charge on any atom is -0.441 e. The number of nitrogens with two attached hydrogens (primary N) is 1. The molecule has 2 amide bonds. The highest BCUT2D eigenvalue weighted by Gasteiger charge is 2.34. The Kier molecular flexibility index (Phi) is 5.54. The van der Waals surface area contributed by atoms with Crippen LogP contribution in [0, 0.1) is 0 Å². The van der Waals surface area contributed by atoms with Crippen molar-refractivity contribution in [2.75, 3.05) is 36.0 Å². The Bertz CT molecular complexity index is 942. The van der Waals surface area contributed by atoms with Crippen LogP contribution in [0.25, 0.3) is 11.1 Å². The van der Waals surface area contributed by atoms with Gasteiger partial charge in [0.05, 0.1) is 5.69 Å². The summed E-state index contributed by atoms with van der Waals surface area (Å²) in [5.74, 6) is 0.655. The molecule has 2 aromatic rings. The SMILES string of the molecule is CC(=O)N1c2ccc(-c3cnc(N4CCNCC4)nc3)cc2[C@H](OC(N)=O)C[C@@H]1C. The van der Waals surface area contributed by atoms with Crippen LogP contribution >= 0.6 is 0 Å². The first-order valence-corrected chi connectivity index (χ1v) is 10.1. The van der Waals surface area contributed by atoms with E-state index in [0.29, 0.717) is 12.4 Å². The van der Waals surface area contributed by atoms with E-state index in [1.807, 2.05) is 25.1 Å². The lowest BCUT2D eigenvalue weighted by Gasteiger charge is -2.38. The first-order chi connectivity index (χ1) is 14.4. The van der Waals surface area contributed by atoms with Gasteiger partial charge in [-0.1, -0.05) is 6.07 Å². The number of rotatable bonds is 3. The monoisotopic (exact) mass is 410 g/mol. The number of fused-ring (bicyclic) bond motifs is 1. The topological polar surface area (TPSA) is 114 Å². The van der Waals surface area contributed by atoms with E-state index in [-0.39, 0.29) is 11.9 Å². The predicted molar refractivity (Wildman–Crippen MR) is 113 cm³/mol. The lowest BCUT2D eigenvalue weighted by atomic mass is 9.91. The first kappa shape index (κ1) is 20.1. The second-order valence-electron chi connectivity index (χ2n) is 7.68. The van der Waals surface area contributed by atoms with Crippen molar-refractivity contribution in [2.24, 2.45) is 5.73 Å². The van der Waals surface area contributed by atoms with Gasteiger partial charge in [0.15, 0.2) is 0 Å². The minimum absolute atomic E-state index is 0.0577. The first-order valence-electron chi connectivity index (χ1n) is 10.1. The van der Waals surface area contributed by atoms with Gasteiger partial charge in [-0.3, -0.25) is 4.79 Å². The van der Waals surface area contributed by atoms with E-state index < -0.39 is 12.2 Å². The predicted octanol–water partition coefficient (Wildman–Crippen LogP) is 1.83. The van der Waals surface area contributed by atoms with Crippen LogP contribution in [0.4, 0.5) is 16.4 Å². The number of anilines is 2. The van der Waals surface area contributed by atoms with Crippen LogP contribution in [0.2, 0.25) is 0 Å². The molecule has 1 aromatic carbocycles. The highest BCUT2D eigenvalue weighted by molar-refractivity contribution is 5.94. The van der Waals surface area contributed by atoms with Crippen LogP contribution in [0.15, 0.2) is 30.6 Å². The highest BCUT2D eigenvalue weighted by Crippen LogP contribution is 2.41. The zero-order valence-electron chi connectivity index (χ0n) is 17.2. The Morgan fingerprint density at radius 1 is 1.17 bits per heavy atom. The van der Waals surface area contributed by atoms with Gasteiger partial charge in [-0.15, -0.1) is 0 Å². The molecule has 158 valence electrons. The molecule has 2 atom stereocenters. The summed E-state index contributed by atoms with van der Waals surface area (Å²) in [6.07, 6.45) is 2.74. The maximum absolute atomic E-state index is 12.2. The molecular formula is C21H26N6O3. The number of benzene rings is 1. The summed E-state index contributed by atoms with van der Waals surface area (Å²) in [6.45, 7) is 7.06. The van der Waals surface area contributed by atoms with E-state index >= 15 is 0 Å². The number of primary amides is 1. The van der Waals surface area contributed by atoms with Crippen LogP contribution in [-0.4, -0.2) is 54.2 Å². The molecule has 30 heavy (non-hydrogen) atoms. The van der Waals surface area contributed by atoms with E-state index in [1.165, 1.54) is 6.92 Å². The van der Waals surface area contributed by atoms with Crippen molar-refractivity contribution in [1.29, 1.82) is 0 Å². The smallest absolute Gasteiger partial charge is 0.405 e. The molecule has 1 aromatic heterocycles. The fraction of sp³-hybridized carbons (Fsp3) is 0.429. The second-order valence-corrected chi connectivity index (χ2v) is 7.68. The summed E-state index contributed by atoms with van der Waals surface area (Å²) in [6, 6.07) is 5.63. The van der Waals surface area contributed by atoms with Crippen molar-refractivity contribution < 1.29 is 14.3 Å². The summed E-state index contributed by atoms with van der Waals surface area (Å²) >= 11 is 0. The molecular weight excluding hydrogens is 384 g/mol. The average Bonchev–Trinajstić information content (AvgIpc) is 2.73. The van der Waals surface area contributed by atoms with Gasteiger partial charge in [-0.25, -0.2) is 14.8 Å². The number of nitrogens with one attached hydrogen (secondary N) is 1. The zero-order valence-corrected chi connectivity index (χ0v) is 17.2. The Morgan fingerprint density at radius 2 is 1.87 bits per heavy atom. The van der Waals surface area contributed by atoms with Crippen LogP contribution < -0.4 is 20.9 Å². The minimum atomic E-state index is -0.830. The van der Waals surface area contributed by atoms with Gasteiger partial charge in [0, 0.05) is 69.1 Å². The molecule has 0 radical (unpaired) electrons. The van der Waals surface area contributed by atoms with Gasteiger partial charge < -0.3 is 25.6 Å². The van der Waals surface area contributed by atoms with Crippen LogP contribution in [0.1, 0.15) is 31.9 Å². The quantitative estimate of drug-likeness (QED) is 0.793. The van der Waals surface area contributed by atoms with Crippen LogP contribution in [-0.2, 0) is 9.53 Å². The van der Waals surface area contributed by atoms with Crippen molar-refractivity contribution >= 4 is 23.6 Å². The number of carbonyl (C=O) groups is 2. The van der Waals surface area contributed by atoms with Gasteiger partial charge in [0.2, 0.25) is 11.9 Å². The van der Waals surface area contributed by atoms with Crippen molar-refractivity contribution in [3.8, 4) is 11.1 Å². The molecule has 1 saturated heterocycles. The van der Waals surface area contributed by atoms with E-state index in [0.717, 1.165) is 48.6 Å². The normalized spacial score (nSPS) is 21.1.